The summed E-state index contributed by atoms with van der Waals surface area (Å²) in [5.41, 5.74) is 0.699. The van der Waals surface area contributed by atoms with Gasteiger partial charge in [0, 0.05) is 5.56 Å². The van der Waals surface area contributed by atoms with Crippen LogP contribution < -0.4 is 10.2 Å². The molecule has 104 valence electrons. The second kappa shape index (κ2) is 6.03. The number of aryl methyl sites for hydroxylation is 1. The van der Waals surface area contributed by atoms with E-state index < -0.39 is 18.8 Å². The van der Waals surface area contributed by atoms with Crippen LogP contribution in [0.15, 0.2) is 36.4 Å². The molecule has 0 fully saturated rings. The van der Waals surface area contributed by atoms with E-state index in [-0.39, 0.29) is 23.4 Å². The van der Waals surface area contributed by atoms with Crippen molar-refractivity contribution in [2.45, 2.75) is 13.5 Å². The predicted octanol–water partition coefficient (Wildman–Crippen LogP) is 1.53. The molecule has 0 saturated carbocycles. The van der Waals surface area contributed by atoms with Crippen LogP contribution in [0, 0.1) is 18.6 Å². The van der Waals surface area contributed by atoms with Gasteiger partial charge in [-0.25, -0.2) is 8.78 Å². The molecule has 0 aromatic heterocycles. The van der Waals surface area contributed by atoms with Crippen molar-refractivity contribution >= 4 is 12.6 Å². The topological polar surface area (TPSA) is 49.7 Å². The molecule has 0 amide bonds. The molecule has 0 unspecified atom stereocenters. The summed E-state index contributed by atoms with van der Waals surface area (Å²) in [6.07, 6.45) is 0. The van der Waals surface area contributed by atoms with E-state index >= 15 is 0 Å². The molecule has 20 heavy (non-hydrogen) atoms. The van der Waals surface area contributed by atoms with Gasteiger partial charge in [0.15, 0.2) is 11.6 Å². The minimum Gasteiger partial charge on any atom is -0.486 e. The van der Waals surface area contributed by atoms with E-state index in [1.165, 1.54) is 18.2 Å². The van der Waals surface area contributed by atoms with Crippen LogP contribution in [0.1, 0.15) is 11.1 Å². The van der Waals surface area contributed by atoms with Crippen molar-refractivity contribution in [2.24, 2.45) is 0 Å². The Balaban J connectivity index is 2.13. The van der Waals surface area contributed by atoms with Crippen molar-refractivity contribution < 1.29 is 23.6 Å². The summed E-state index contributed by atoms with van der Waals surface area (Å²) in [6, 6.07) is 8.48. The van der Waals surface area contributed by atoms with Gasteiger partial charge in [-0.3, -0.25) is 0 Å². The fourth-order valence-electron chi connectivity index (χ4n) is 1.73. The molecule has 0 heterocycles. The highest BCUT2D eigenvalue weighted by Crippen LogP contribution is 2.21. The SMILES string of the molecule is Cc1cccc(OCc2ccc(B(O)O)cc2F)c1F. The van der Waals surface area contributed by atoms with Crippen molar-refractivity contribution in [3.8, 4) is 5.75 Å². The van der Waals surface area contributed by atoms with Crippen LogP contribution in [-0.2, 0) is 6.61 Å². The highest BCUT2D eigenvalue weighted by Gasteiger charge is 2.14. The van der Waals surface area contributed by atoms with E-state index in [4.69, 9.17) is 14.8 Å². The van der Waals surface area contributed by atoms with Crippen molar-refractivity contribution in [1.82, 2.24) is 0 Å². The van der Waals surface area contributed by atoms with Crippen molar-refractivity contribution in [1.29, 1.82) is 0 Å². The lowest BCUT2D eigenvalue weighted by Crippen LogP contribution is -2.30. The number of benzene rings is 2. The third kappa shape index (κ3) is 3.15. The molecule has 0 aliphatic rings. The highest BCUT2D eigenvalue weighted by atomic mass is 19.1. The van der Waals surface area contributed by atoms with Crippen molar-refractivity contribution in [3.05, 3.63) is 59.2 Å². The Morgan fingerprint density at radius 1 is 1.15 bits per heavy atom. The first-order valence-corrected chi connectivity index (χ1v) is 6.01. The zero-order valence-corrected chi connectivity index (χ0v) is 10.8. The zero-order valence-electron chi connectivity index (χ0n) is 10.8. The fraction of sp³-hybridized carbons (Fsp3) is 0.143. The summed E-state index contributed by atoms with van der Waals surface area (Å²) in [7, 11) is -1.73. The normalized spacial score (nSPS) is 10.4. The van der Waals surface area contributed by atoms with E-state index in [1.807, 2.05) is 0 Å². The largest absolute Gasteiger partial charge is 0.488 e. The summed E-state index contributed by atoms with van der Waals surface area (Å²) in [4.78, 5) is 0. The Morgan fingerprint density at radius 2 is 1.90 bits per heavy atom. The minimum atomic E-state index is -1.73. The van der Waals surface area contributed by atoms with Gasteiger partial charge in [0.1, 0.15) is 12.4 Å². The Hall–Kier alpha value is -1.92. The van der Waals surface area contributed by atoms with Crippen LogP contribution in [0.25, 0.3) is 0 Å². The maximum Gasteiger partial charge on any atom is 0.488 e. The lowest BCUT2D eigenvalue weighted by Gasteiger charge is -2.10. The molecule has 0 aliphatic carbocycles. The maximum absolute atomic E-state index is 13.7. The van der Waals surface area contributed by atoms with E-state index in [2.05, 4.69) is 0 Å². The number of ether oxygens (including phenoxy) is 1. The third-order valence-electron chi connectivity index (χ3n) is 2.91. The Labute approximate surface area is 115 Å². The summed E-state index contributed by atoms with van der Waals surface area (Å²) < 4.78 is 32.6. The Morgan fingerprint density at radius 3 is 2.55 bits per heavy atom. The number of halogens is 2. The van der Waals surface area contributed by atoms with Crippen LogP contribution in [-0.4, -0.2) is 17.2 Å². The van der Waals surface area contributed by atoms with E-state index in [1.54, 1.807) is 19.1 Å². The molecule has 0 aliphatic heterocycles. The van der Waals surface area contributed by atoms with Crippen LogP contribution in [0.2, 0.25) is 0 Å². The molecule has 2 rings (SSSR count). The zero-order chi connectivity index (χ0) is 14.7. The predicted molar refractivity (Wildman–Crippen MR) is 71.7 cm³/mol. The molecule has 6 heteroatoms. The lowest BCUT2D eigenvalue weighted by molar-refractivity contribution is 0.284. The Bertz CT molecular complexity index is 617. The molecule has 0 bridgehead atoms. The van der Waals surface area contributed by atoms with Gasteiger partial charge in [-0.2, -0.15) is 0 Å². The summed E-state index contributed by atoms with van der Waals surface area (Å²) in [6.45, 7) is 1.47. The molecule has 0 spiro atoms. The highest BCUT2D eigenvalue weighted by molar-refractivity contribution is 6.58. The summed E-state index contributed by atoms with van der Waals surface area (Å²) in [5.74, 6) is -1.06. The Kier molecular flexibility index (Phi) is 4.37. The molecule has 3 nitrogen and oxygen atoms in total. The van der Waals surface area contributed by atoms with Gasteiger partial charge in [0.2, 0.25) is 0 Å². The quantitative estimate of drug-likeness (QED) is 0.834. The number of hydrogen-bond acceptors (Lipinski definition) is 3. The van der Waals surface area contributed by atoms with Crippen LogP contribution in [0.5, 0.6) is 5.75 Å². The fourth-order valence-corrected chi connectivity index (χ4v) is 1.73. The van der Waals surface area contributed by atoms with E-state index in [0.29, 0.717) is 5.56 Å². The first-order valence-electron chi connectivity index (χ1n) is 6.01. The summed E-state index contributed by atoms with van der Waals surface area (Å²) in [5, 5.41) is 17.8. The standard InChI is InChI=1S/C14H13BF2O3/c1-9-3-2-4-13(14(9)17)20-8-10-5-6-11(15(18)19)7-12(10)16/h2-7,18-19H,8H2,1H3. The second-order valence-corrected chi connectivity index (χ2v) is 4.40. The van der Waals surface area contributed by atoms with Gasteiger partial charge in [-0.05, 0) is 30.1 Å². The van der Waals surface area contributed by atoms with E-state index in [9.17, 15) is 8.78 Å². The van der Waals surface area contributed by atoms with Crippen LogP contribution in [0.3, 0.4) is 0 Å². The van der Waals surface area contributed by atoms with Crippen LogP contribution >= 0.6 is 0 Å². The minimum absolute atomic E-state index is 0.0491. The van der Waals surface area contributed by atoms with Crippen molar-refractivity contribution in [3.63, 3.8) is 0 Å². The molecule has 2 aromatic rings. The average molecular weight is 278 g/mol. The average Bonchev–Trinajstić information content (AvgIpc) is 2.41. The van der Waals surface area contributed by atoms with Crippen molar-refractivity contribution in [2.75, 3.05) is 0 Å². The molecular weight excluding hydrogens is 265 g/mol. The maximum atomic E-state index is 13.7. The molecule has 0 atom stereocenters. The van der Waals surface area contributed by atoms with Crippen LogP contribution in [0.4, 0.5) is 8.78 Å². The molecule has 0 radical (unpaired) electrons. The van der Waals surface area contributed by atoms with E-state index in [0.717, 1.165) is 6.07 Å². The number of rotatable bonds is 4. The van der Waals surface area contributed by atoms with Gasteiger partial charge >= 0.3 is 7.12 Å². The first kappa shape index (κ1) is 14.5. The lowest BCUT2D eigenvalue weighted by atomic mass is 9.80. The van der Waals surface area contributed by atoms with Gasteiger partial charge in [-0.15, -0.1) is 0 Å². The summed E-state index contributed by atoms with van der Waals surface area (Å²) >= 11 is 0. The third-order valence-corrected chi connectivity index (χ3v) is 2.91. The van der Waals surface area contributed by atoms with Gasteiger partial charge < -0.3 is 14.8 Å². The molecule has 2 aromatic carbocycles. The second-order valence-electron chi connectivity index (χ2n) is 4.40. The number of hydrogen-bond donors (Lipinski definition) is 2. The molecule has 2 N–H and O–H groups in total. The monoisotopic (exact) mass is 278 g/mol. The molecule has 0 saturated heterocycles. The molecular formula is C14H13BF2O3. The first-order chi connectivity index (χ1) is 9.49. The smallest absolute Gasteiger partial charge is 0.486 e. The van der Waals surface area contributed by atoms with Gasteiger partial charge in [0.25, 0.3) is 0 Å². The van der Waals surface area contributed by atoms with Gasteiger partial charge in [-0.1, -0.05) is 24.3 Å². The van der Waals surface area contributed by atoms with Gasteiger partial charge in [0.05, 0.1) is 0 Å².